The largest absolute Gasteiger partial charge is 0.370 e. The number of nitrogens with zero attached hydrogens (tertiary/aromatic N) is 2. The summed E-state index contributed by atoms with van der Waals surface area (Å²) in [5.74, 6) is 1.12. The molecule has 1 aromatic rings. The minimum atomic E-state index is 0.420. The fourth-order valence-electron chi connectivity index (χ4n) is 2.29. The highest BCUT2D eigenvalue weighted by molar-refractivity contribution is 5.36. The van der Waals surface area contributed by atoms with Gasteiger partial charge in [-0.3, -0.25) is 4.68 Å². The minimum Gasteiger partial charge on any atom is -0.370 e. The number of anilines is 1. The molecule has 0 amide bonds. The highest BCUT2D eigenvalue weighted by Crippen LogP contribution is 2.28. The first-order chi connectivity index (χ1) is 7.59. The number of hydrogen-bond acceptors (Lipinski definition) is 3. The van der Waals surface area contributed by atoms with E-state index in [9.17, 15) is 0 Å². The van der Waals surface area contributed by atoms with E-state index in [0.717, 1.165) is 31.1 Å². The molecule has 2 N–H and O–H groups in total. The minimum absolute atomic E-state index is 0.420. The molecule has 90 valence electrons. The Balaban J connectivity index is 1.93. The van der Waals surface area contributed by atoms with Gasteiger partial charge in [-0.2, -0.15) is 5.10 Å². The molecule has 1 aliphatic heterocycles. The third kappa shape index (κ3) is 2.55. The monoisotopic (exact) mass is 222 g/mol. The molecule has 1 fully saturated rings. The van der Waals surface area contributed by atoms with E-state index < -0.39 is 0 Å². The first kappa shape index (κ1) is 11.5. The lowest BCUT2D eigenvalue weighted by Gasteiger charge is -2.34. The number of piperidine rings is 1. The Morgan fingerprint density at radius 1 is 1.50 bits per heavy atom. The molecule has 2 heterocycles. The molecule has 0 spiro atoms. The van der Waals surface area contributed by atoms with Crippen LogP contribution in [-0.4, -0.2) is 29.4 Å². The van der Waals surface area contributed by atoms with Gasteiger partial charge in [-0.1, -0.05) is 6.92 Å². The molecule has 0 radical (unpaired) electrons. The summed E-state index contributed by atoms with van der Waals surface area (Å²) in [5.41, 5.74) is 1.49. The van der Waals surface area contributed by atoms with Gasteiger partial charge in [0.1, 0.15) is 5.82 Å². The molecule has 0 aliphatic carbocycles. The van der Waals surface area contributed by atoms with Crippen LogP contribution in [0.1, 0.15) is 25.5 Å². The topological polar surface area (TPSA) is 41.9 Å². The van der Waals surface area contributed by atoms with Crippen molar-refractivity contribution in [2.45, 2.75) is 26.7 Å². The molecule has 1 aliphatic rings. The first-order valence-corrected chi connectivity index (χ1v) is 6.04. The van der Waals surface area contributed by atoms with Crippen molar-refractivity contribution in [2.24, 2.45) is 12.5 Å². The molecule has 0 atom stereocenters. The van der Waals surface area contributed by atoms with Crippen LogP contribution in [0, 0.1) is 12.3 Å². The standard InChI is InChI=1S/C12H22N4/c1-10-8-11(16(3)15-10)14-9-12(2)4-6-13-7-5-12/h8,13-14H,4-7,9H2,1-3H3. The lowest BCUT2D eigenvalue weighted by Crippen LogP contribution is -2.39. The van der Waals surface area contributed by atoms with Crippen LogP contribution < -0.4 is 10.6 Å². The van der Waals surface area contributed by atoms with Gasteiger partial charge in [0.05, 0.1) is 5.69 Å². The second kappa shape index (κ2) is 4.45. The maximum absolute atomic E-state index is 4.34. The van der Waals surface area contributed by atoms with E-state index in [0.29, 0.717) is 5.41 Å². The van der Waals surface area contributed by atoms with Crippen LogP contribution >= 0.6 is 0 Å². The molecule has 1 aromatic heterocycles. The van der Waals surface area contributed by atoms with Crippen molar-refractivity contribution in [3.8, 4) is 0 Å². The van der Waals surface area contributed by atoms with Gasteiger partial charge in [-0.05, 0) is 38.3 Å². The van der Waals surface area contributed by atoms with Crippen LogP contribution in [0.5, 0.6) is 0 Å². The van der Waals surface area contributed by atoms with Crippen molar-refractivity contribution < 1.29 is 0 Å². The molecule has 2 rings (SSSR count). The van der Waals surface area contributed by atoms with E-state index in [-0.39, 0.29) is 0 Å². The smallest absolute Gasteiger partial charge is 0.124 e. The van der Waals surface area contributed by atoms with Gasteiger partial charge >= 0.3 is 0 Å². The Morgan fingerprint density at radius 3 is 2.75 bits per heavy atom. The van der Waals surface area contributed by atoms with Crippen LogP contribution in [0.3, 0.4) is 0 Å². The van der Waals surface area contributed by atoms with Gasteiger partial charge in [0.2, 0.25) is 0 Å². The Morgan fingerprint density at radius 2 is 2.19 bits per heavy atom. The molecule has 0 unspecified atom stereocenters. The Bertz CT molecular complexity index is 350. The Kier molecular flexibility index (Phi) is 3.19. The predicted molar refractivity (Wildman–Crippen MR) is 66.6 cm³/mol. The number of aromatic nitrogens is 2. The average Bonchev–Trinajstić information content (AvgIpc) is 2.56. The SMILES string of the molecule is Cc1cc(NCC2(C)CCNCC2)n(C)n1. The summed E-state index contributed by atoms with van der Waals surface area (Å²) in [6.45, 7) is 7.71. The summed E-state index contributed by atoms with van der Waals surface area (Å²) >= 11 is 0. The highest BCUT2D eigenvalue weighted by Gasteiger charge is 2.26. The van der Waals surface area contributed by atoms with Gasteiger partial charge in [0.25, 0.3) is 0 Å². The molecular formula is C12H22N4. The van der Waals surface area contributed by atoms with E-state index in [1.807, 2.05) is 18.7 Å². The predicted octanol–water partition coefficient (Wildman–Crippen LogP) is 1.53. The lowest BCUT2D eigenvalue weighted by atomic mass is 9.81. The summed E-state index contributed by atoms with van der Waals surface area (Å²) < 4.78 is 1.92. The number of nitrogens with one attached hydrogen (secondary N) is 2. The molecule has 4 nitrogen and oxygen atoms in total. The van der Waals surface area contributed by atoms with E-state index in [2.05, 4.69) is 28.7 Å². The lowest BCUT2D eigenvalue weighted by molar-refractivity contribution is 0.247. The second-order valence-corrected chi connectivity index (χ2v) is 5.21. The Hall–Kier alpha value is -1.03. The number of aryl methyl sites for hydroxylation is 2. The number of rotatable bonds is 3. The Labute approximate surface area is 97.4 Å². The maximum Gasteiger partial charge on any atom is 0.124 e. The average molecular weight is 222 g/mol. The zero-order valence-electron chi connectivity index (χ0n) is 10.5. The third-order valence-electron chi connectivity index (χ3n) is 3.51. The quantitative estimate of drug-likeness (QED) is 0.815. The van der Waals surface area contributed by atoms with Gasteiger partial charge in [0, 0.05) is 19.7 Å². The van der Waals surface area contributed by atoms with Crippen LogP contribution in [0.4, 0.5) is 5.82 Å². The van der Waals surface area contributed by atoms with Crippen molar-refractivity contribution in [3.63, 3.8) is 0 Å². The van der Waals surface area contributed by atoms with Gasteiger partial charge in [-0.25, -0.2) is 0 Å². The summed E-state index contributed by atoms with van der Waals surface area (Å²) in [6.07, 6.45) is 2.49. The van der Waals surface area contributed by atoms with E-state index in [1.165, 1.54) is 12.8 Å². The first-order valence-electron chi connectivity index (χ1n) is 6.04. The van der Waals surface area contributed by atoms with Crippen molar-refractivity contribution in [1.82, 2.24) is 15.1 Å². The zero-order chi connectivity index (χ0) is 11.6. The van der Waals surface area contributed by atoms with Crippen LogP contribution in [0.15, 0.2) is 6.07 Å². The van der Waals surface area contributed by atoms with Crippen LogP contribution in [-0.2, 0) is 7.05 Å². The van der Waals surface area contributed by atoms with Gasteiger partial charge in [0.15, 0.2) is 0 Å². The highest BCUT2D eigenvalue weighted by atomic mass is 15.3. The van der Waals surface area contributed by atoms with Gasteiger partial charge in [-0.15, -0.1) is 0 Å². The van der Waals surface area contributed by atoms with Crippen molar-refractivity contribution in [1.29, 1.82) is 0 Å². The van der Waals surface area contributed by atoms with Crippen molar-refractivity contribution in [2.75, 3.05) is 25.0 Å². The van der Waals surface area contributed by atoms with E-state index >= 15 is 0 Å². The van der Waals surface area contributed by atoms with E-state index in [4.69, 9.17) is 0 Å². The molecule has 0 saturated carbocycles. The third-order valence-corrected chi connectivity index (χ3v) is 3.51. The fourth-order valence-corrected chi connectivity index (χ4v) is 2.29. The molecular weight excluding hydrogens is 200 g/mol. The molecule has 4 heteroatoms. The van der Waals surface area contributed by atoms with Crippen molar-refractivity contribution >= 4 is 5.82 Å². The van der Waals surface area contributed by atoms with Crippen LogP contribution in [0.25, 0.3) is 0 Å². The number of hydrogen-bond donors (Lipinski definition) is 2. The molecule has 16 heavy (non-hydrogen) atoms. The van der Waals surface area contributed by atoms with Crippen LogP contribution in [0.2, 0.25) is 0 Å². The molecule has 0 aromatic carbocycles. The second-order valence-electron chi connectivity index (χ2n) is 5.21. The van der Waals surface area contributed by atoms with Gasteiger partial charge < -0.3 is 10.6 Å². The summed E-state index contributed by atoms with van der Waals surface area (Å²) in [4.78, 5) is 0. The maximum atomic E-state index is 4.34. The summed E-state index contributed by atoms with van der Waals surface area (Å²) in [5, 5.41) is 11.3. The molecule has 0 bridgehead atoms. The zero-order valence-corrected chi connectivity index (χ0v) is 10.5. The summed E-state index contributed by atoms with van der Waals surface area (Å²) in [7, 11) is 1.99. The summed E-state index contributed by atoms with van der Waals surface area (Å²) in [6, 6.07) is 2.10. The van der Waals surface area contributed by atoms with E-state index in [1.54, 1.807) is 0 Å². The molecule has 1 saturated heterocycles. The van der Waals surface area contributed by atoms with Crippen molar-refractivity contribution in [3.05, 3.63) is 11.8 Å². The fraction of sp³-hybridized carbons (Fsp3) is 0.750. The normalized spacial score (nSPS) is 19.7.